The highest BCUT2D eigenvalue weighted by molar-refractivity contribution is 5.87. The Bertz CT molecular complexity index is 552. The topological polar surface area (TPSA) is 127 Å². The van der Waals surface area contributed by atoms with Crippen LogP contribution in [0, 0.1) is 11.8 Å². The third kappa shape index (κ3) is 9.00. The number of hydrogen-bond donors (Lipinski definition) is 2. The summed E-state index contributed by atoms with van der Waals surface area (Å²) in [4.78, 5) is 43.6. The smallest absolute Gasteiger partial charge is 0.333 e. The predicted octanol–water partition coefficient (Wildman–Crippen LogP) is 2.19. The minimum absolute atomic E-state index is 0.0537. The summed E-state index contributed by atoms with van der Waals surface area (Å²) in [6.07, 6.45) is 2.67. The molecule has 1 saturated carbocycles. The Morgan fingerprint density at radius 3 is 1.77 bits per heavy atom. The molecule has 26 heavy (non-hydrogen) atoms. The first kappa shape index (κ1) is 23.4. The van der Waals surface area contributed by atoms with Gasteiger partial charge in [-0.05, 0) is 26.7 Å². The van der Waals surface area contributed by atoms with E-state index >= 15 is 0 Å². The fourth-order valence-electron chi connectivity index (χ4n) is 2.22. The van der Waals surface area contributed by atoms with Crippen molar-refractivity contribution in [1.29, 1.82) is 0 Å². The van der Waals surface area contributed by atoms with E-state index in [1.54, 1.807) is 0 Å². The van der Waals surface area contributed by atoms with Gasteiger partial charge in [0, 0.05) is 11.1 Å². The van der Waals surface area contributed by atoms with Gasteiger partial charge in [0.05, 0.1) is 11.8 Å². The molecule has 8 heteroatoms. The summed E-state index contributed by atoms with van der Waals surface area (Å²) in [7, 11) is 0. The van der Waals surface area contributed by atoms with Crippen LogP contribution >= 0.6 is 0 Å². The van der Waals surface area contributed by atoms with E-state index in [-0.39, 0.29) is 24.4 Å². The molecule has 0 aromatic carbocycles. The van der Waals surface area contributed by atoms with Crippen LogP contribution in [0.1, 0.15) is 39.5 Å². The van der Waals surface area contributed by atoms with Crippen molar-refractivity contribution in [1.82, 2.24) is 0 Å². The van der Waals surface area contributed by atoms with Crippen LogP contribution in [-0.2, 0) is 28.7 Å². The SMILES string of the molecule is C=C(C)C(=O)O.C=C(C)C(=O)OCCOC(=O)C1CCCCC1C(=O)O. The summed E-state index contributed by atoms with van der Waals surface area (Å²) in [5, 5.41) is 17.0. The highest BCUT2D eigenvalue weighted by Crippen LogP contribution is 2.31. The van der Waals surface area contributed by atoms with E-state index in [0.717, 1.165) is 12.8 Å². The summed E-state index contributed by atoms with van der Waals surface area (Å²) < 4.78 is 9.77. The van der Waals surface area contributed by atoms with E-state index < -0.39 is 35.7 Å². The van der Waals surface area contributed by atoms with E-state index in [1.807, 2.05) is 0 Å². The van der Waals surface area contributed by atoms with E-state index in [0.29, 0.717) is 12.8 Å². The zero-order valence-corrected chi connectivity index (χ0v) is 15.2. The molecule has 0 radical (unpaired) electrons. The van der Waals surface area contributed by atoms with Gasteiger partial charge in [-0.25, -0.2) is 9.59 Å². The number of esters is 2. The maximum atomic E-state index is 11.8. The zero-order valence-electron chi connectivity index (χ0n) is 15.2. The van der Waals surface area contributed by atoms with Crippen LogP contribution < -0.4 is 0 Å². The van der Waals surface area contributed by atoms with Gasteiger partial charge in [0.25, 0.3) is 0 Å². The Morgan fingerprint density at radius 2 is 1.35 bits per heavy atom. The molecule has 0 bridgehead atoms. The van der Waals surface area contributed by atoms with Crippen LogP contribution in [0.25, 0.3) is 0 Å². The average Bonchev–Trinajstić information content (AvgIpc) is 2.58. The first-order chi connectivity index (χ1) is 12.1. The number of carboxylic acids is 2. The van der Waals surface area contributed by atoms with Crippen molar-refractivity contribution in [3.8, 4) is 0 Å². The van der Waals surface area contributed by atoms with Gasteiger partial charge >= 0.3 is 23.9 Å². The fourth-order valence-corrected chi connectivity index (χ4v) is 2.22. The van der Waals surface area contributed by atoms with Crippen LogP contribution in [0.5, 0.6) is 0 Å². The molecule has 2 N–H and O–H groups in total. The molecule has 2 unspecified atom stereocenters. The van der Waals surface area contributed by atoms with Gasteiger partial charge < -0.3 is 19.7 Å². The van der Waals surface area contributed by atoms with E-state index in [4.69, 9.17) is 19.7 Å². The summed E-state index contributed by atoms with van der Waals surface area (Å²) >= 11 is 0. The number of carbonyl (C=O) groups excluding carboxylic acids is 2. The summed E-state index contributed by atoms with van der Waals surface area (Å²) in [6.45, 7) is 9.43. The van der Waals surface area contributed by atoms with E-state index in [9.17, 15) is 19.2 Å². The van der Waals surface area contributed by atoms with Gasteiger partial charge in [-0.15, -0.1) is 0 Å². The van der Waals surface area contributed by atoms with Crippen molar-refractivity contribution < 1.29 is 38.9 Å². The van der Waals surface area contributed by atoms with Gasteiger partial charge in [0.15, 0.2) is 0 Å². The lowest BCUT2D eigenvalue weighted by Gasteiger charge is -2.26. The van der Waals surface area contributed by atoms with Gasteiger partial charge in [-0.2, -0.15) is 0 Å². The molecule has 2 atom stereocenters. The Morgan fingerprint density at radius 1 is 0.885 bits per heavy atom. The molecular formula is C18H26O8. The number of ether oxygens (including phenoxy) is 2. The maximum Gasteiger partial charge on any atom is 0.333 e. The Hall–Kier alpha value is -2.64. The molecule has 1 fully saturated rings. The zero-order chi connectivity index (χ0) is 20.3. The van der Waals surface area contributed by atoms with Crippen molar-refractivity contribution in [3.05, 3.63) is 24.3 Å². The molecular weight excluding hydrogens is 344 g/mol. The van der Waals surface area contributed by atoms with Crippen LogP contribution in [0.15, 0.2) is 24.3 Å². The van der Waals surface area contributed by atoms with Crippen molar-refractivity contribution in [2.45, 2.75) is 39.5 Å². The van der Waals surface area contributed by atoms with Crippen LogP contribution in [0.2, 0.25) is 0 Å². The molecule has 1 rings (SSSR count). The molecule has 0 amide bonds. The number of rotatable bonds is 7. The van der Waals surface area contributed by atoms with Crippen molar-refractivity contribution in [2.75, 3.05) is 13.2 Å². The summed E-state index contributed by atoms with van der Waals surface area (Å²) in [5.41, 5.74) is 0.449. The lowest BCUT2D eigenvalue weighted by atomic mass is 9.79. The predicted molar refractivity (Wildman–Crippen MR) is 92.3 cm³/mol. The molecule has 1 aliphatic carbocycles. The first-order valence-corrected chi connectivity index (χ1v) is 8.18. The van der Waals surface area contributed by atoms with Crippen LogP contribution in [-0.4, -0.2) is 47.3 Å². The Kier molecular flexibility index (Phi) is 10.6. The molecule has 0 saturated heterocycles. The second kappa shape index (κ2) is 11.8. The average molecular weight is 370 g/mol. The molecule has 0 spiro atoms. The largest absolute Gasteiger partial charge is 0.481 e. The van der Waals surface area contributed by atoms with Gasteiger partial charge in [0.1, 0.15) is 13.2 Å². The third-order valence-electron chi connectivity index (χ3n) is 3.66. The Labute approximate surface area is 152 Å². The van der Waals surface area contributed by atoms with Crippen molar-refractivity contribution in [2.24, 2.45) is 11.8 Å². The normalized spacial score (nSPS) is 18.5. The summed E-state index contributed by atoms with van der Waals surface area (Å²) in [5.74, 6) is -4.23. The number of carbonyl (C=O) groups is 4. The number of hydrogen-bond acceptors (Lipinski definition) is 6. The van der Waals surface area contributed by atoms with E-state index in [2.05, 4.69) is 13.2 Å². The van der Waals surface area contributed by atoms with Crippen LogP contribution in [0.4, 0.5) is 0 Å². The lowest BCUT2D eigenvalue weighted by Crippen LogP contribution is -2.34. The monoisotopic (exact) mass is 370 g/mol. The molecule has 8 nitrogen and oxygen atoms in total. The highest BCUT2D eigenvalue weighted by Gasteiger charge is 2.36. The number of carboxylic acid groups (broad SMARTS) is 2. The van der Waals surface area contributed by atoms with Gasteiger partial charge in [-0.3, -0.25) is 9.59 Å². The summed E-state index contributed by atoms with van der Waals surface area (Å²) in [6, 6.07) is 0. The highest BCUT2D eigenvalue weighted by atomic mass is 16.6. The molecule has 146 valence electrons. The first-order valence-electron chi connectivity index (χ1n) is 8.18. The standard InChI is InChI=1S/C14H20O6.C4H6O2/c1-9(2)13(17)19-7-8-20-14(18)11-6-4-3-5-10(11)12(15)16;1-3(2)4(5)6/h10-11H,1,3-8H2,2H3,(H,15,16);1H2,2H3,(H,5,6). The third-order valence-corrected chi connectivity index (χ3v) is 3.66. The minimum Gasteiger partial charge on any atom is -0.481 e. The fraction of sp³-hybridized carbons (Fsp3) is 0.556. The lowest BCUT2D eigenvalue weighted by molar-refractivity contribution is -0.161. The quantitative estimate of drug-likeness (QED) is 0.396. The van der Waals surface area contributed by atoms with E-state index in [1.165, 1.54) is 13.8 Å². The second-order valence-electron chi connectivity index (χ2n) is 6.00. The van der Waals surface area contributed by atoms with Crippen molar-refractivity contribution >= 4 is 23.9 Å². The molecule has 0 aliphatic heterocycles. The number of aliphatic carboxylic acids is 2. The minimum atomic E-state index is -0.958. The molecule has 0 aromatic heterocycles. The maximum absolute atomic E-state index is 11.8. The molecule has 1 aliphatic rings. The molecule has 0 heterocycles. The van der Waals surface area contributed by atoms with Crippen molar-refractivity contribution in [3.63, 3.8) is 0 Å². The second-order valence-corrected chi connectivity index (χ2v) is 6.00. The molecule has 0 aromatic rings. The van der Waals surface area contributed by atoms with Gasteiger partial charge in [-0.1, -0.05) is 26.0 Å². The Balaban J connectivity index is 0.000000896. The van der Waals surface area contributed by atoms with Crippen LogP contribution in [0.3, 0.4) is 0 Å². The van der Waals surface area contributed by atoms with Gasteiger partial charge in [0.2, 0.25) is 0 Å².